The van der Waals surface area contributed by atoms with Crippen molar-refractivity contribution in [3.8, 4) is 0 Å². The van der Waals surface area contributed by atoms with E-state index in [1.807, 2.05) is 49.5 Å². The molecule has 0 spiro atoms. The minimum atomic E-state index is -0.224. The van der Waals surface area contributed by atoms with Gasteiger partial charge in [-0.1, -0.05) is 18.2 Å². The van der Waals surface area contributed by atoms with Crippen LogP contribution in [-0.4, -0.2) is 64.4 Å². The Morgan fingerprint density at radius 3 is 2.92 bits per heavy atom. The molecule has 1 fully saturated rings. The summed E-state index contributed by atoms with van der Waals surface area (Å²) in [5, 5.41) is 16.5. The smallest absolute Gasteiger partial charge is 0.255 e. The van der Waals surface area contributed by atoms with Gasteiger partial charge in [0.2, 0.25) is 11.7 Å². The topological polar surface area (TPSA) is 80.0 Å². The standard InChI is InChI=1S/C28H34N5O2P/c1-4-33-17-25-28(33)36-26(14-29-25)30-19(3)20-6-5-7-23(13-20)31-27(35)21-8-9-22(18(2)12-21)15-32-11-10-24(34)16-32/h5-9,12-14,17,19,24,26,30,34,36H,4,10-11,15-16H2,1-3H3/p+1. The van der Waals surface area contributed by atoms with Crippen molar-refractivity contribution in [2.24, 2.45) is 4.99 Å². The Bertz CT molecular complexity index is 1250. The SMILES string of the molecule is CC[N+]1=CC2=C1PC(NC(C)c1cccc(NC(=O)c3ccc(CN4CCC(O)C4)c(C)c3)c1)C=N2. The molecule has 3 aliphatic heterocycles. The number of benzene rings is 2. The summed E-state index contributed by atoms with van der Waals surface area (Å²) >= 11 is 0. The van der Waals surface area contributed by atoms with Crippen molar-refractivity contribution in [1.82, 2.24) is 10.2 Å². The number of allylic oxidation sites excluding steroid dienone is 1. The number of nitrogens with zero attached hydrogens (tertiary/aromatic N) is 3. The van der Waals surface area contributed by atoms with E-state index >= 15 is 0 Å². The molecule has 5 rings (SSSR count). The van der Waals surface area contributed by atoms with Crippen molar-refractivity contribution in [2.75, 3.05) is 25.0 Å². The van der Waals surface area contributed by atoms with E-state index in [2.05, 4.69) is 51.2 Å². The molecule has 36 heavy (non-hydrogen) atoms. The van der Waals surface area contributed by atoms with Gasteiger partial charge in [0.05, 0.1) is 11.9 Å². The van der Waals surface area contributed by atoms with Crippen LogP contribution in [0.1, 0.15) is 53.4 Å². The first-order chi connectivity index (χ1) is 17.4. The highest BCUT2D eigenvalue weighted by atomic mass is 31.1. The zero-order valence-corrected chi connectivity index (χ0v) is 22.2. The summed E-state index contributed by atoms with van der Waals surface area (Å²) in [6.45, 7) is 9.76. The molecular weight excluding hydrogens is 469 g/mol. The molecule has 3 N–H and O–H groups in total. The second-order valence-electron chi connectivity index (χ2n) is 9.84. The van der Waals surface area contributed by atoms with E-state index in [0.29, 0.717) is 20.7 Å². The van der Waals surface area contributed by atoms with Gasteiger partial charge in [0, 0.05) is 51.7 Å². The summed E-state index contributed by atoms with van der Waals surface area (Å²) in [5.41, 5.74) is 7.30. The molecule has 0 bridgehead atoms. The van der Waals surface area contributed by atoms with Crippen molar-refractivity contribution in [3.05, 3.63) is 75.9 Å². The molecule has 0 radical (unpaired) electrons. The molecular formula is C28H35N5O2P+. The lowest BCUT2D eigenvalue weighted by Gasteiger charge is -2.25. The molecule has 1 saturated heterocycles. The largest absolute Gasteiger partial charge is 0.392 e. The minimum absolute atomic E-state index is 0.111. The third-order valence-electron chi connectivity index (χ3n) is 7.12. The monoisotopic (exact) mass is 504 g/mol. The molecule has 1 amide bonds. The lowest BCUT2D eigenvalue weighted by Crippen LogP contribution is -2.34. The number of hydrogen-bond donors (Lipinski definition) is 3. The summed E-state index contributed by atoms with van der Waals surface area (Å²) in [4.78, 5) is 19.8. The molecule has 7 nitrogen and oxygen atoms in total. The first-order valence-corrected chi connectivity index (χ1v) is 13.8. The highest BCUT2D eigenvalue weighted by Crippen LogP contribution is 2.38. The number of rotatable bonds is 8. The molecule has 8 heteroatoms. The second-order valence-corrected chi connectivity index (χ2v) is 11.2. The fourth-order valence-electron chi connectivity index (χ4n) is 4.94. The van der Waals surface area contributed by atoms with Crippen molar-refractivity contribution < 1.29 is 14.5 Å². The van der Waals surface area contributed by atoms with Crippen LogP contribution in [0.3, 0.4) is 0 Å². The number of carbonyl (C=O) groups excluding carboxylic acids is 1. The number of carbonyl (C=O) groups is 1. The number of likely N-dealkylation sites (tertiary alicyclic amines) is 1. The summed E-state index contributed by atoms with van der Waals surface area (Å²) < 4.78 is 2.27. The maximum Gasteiger partial charge on any atom is 0.255 e. The van der Waals surface area contributed by atoms with Crippen LogP contribution >= 0.6 is 8.58 Å². The second kappa shape index (κ2) is 10.7. The van der Waals surface area contributed by atoms with Crippen LogP contribution in [0.25, 0.3) is 0 Å². The van der Waals surface area contributed by atoms with Crippen molar-refractivity contribution in [3.63, 3.8) is 0 Å². The first-order valence-electron chi connectivity index (χ1n) is 12.7. The maximum atomic E-state index is 13.0. The summed E-state index contributed by atoms with van der Waals surface area (Å²) in [6.07, 6.45) is 4.73. The van der Waals surface area contributed by atoms with Gasteiger partial charge in [-0.3, -0.25) is 15.0 Å². The third kappa shape index (κ3) is 5.50. The molecule has 188 valence electrons. The number of aliphatic hydroxyl groups is 1. The summed E-state index contributed by atoms with van der Waals surface area (Å²) in [7, 11) is 0.659. The van der Waals surface area contributed by atoms with Gasteiger partial charge in [-0.05, 0) is 68.1 Å². The van der Waals surface area contributed by atoms with Gasteiger partial charge in [-0.25, -0.2) is 4.99 Å². The van der Waals surface area contributed by atoms with Crippen LogP contribution in [0.5, 0.6) is 0 Å². The van der Waals surface area contributed by atoms with Gasteiger partial charge in [0.15, 0.2) is 5.70 Å². The van der Waals surface area contributed by atoms with Gasteiger partial charge < -0.3 is 10.4 Å². The summed E-state index contributed by atoms with van der Waals surface area (Å²) in [6, 6.07) is 14.0. The molecule has 4 atom stereocenters. The van der Waals surface area contributed by atoms with Crippen molar-refractivity contribution >= 4 is 32.6 Å². The normalized spacial score (nSPS) is 22.8. The predicted molar refractivity (Wildman–Crippen MR) is 148 cm³/mol. The van der Waals surface area contributed by atoms with E-state index in [4.69, 9.17) is 0 Å². The van der Waals surface area contributed by atoms with Crippen LogP contribution in [0.15, 0.2) is 58.6 Å². The van der Waals surface area contributed by atoms with E-state index in [9.17, 15) is 9.90 Å². The van der Waals surface area contributed by atoms with E-state index in [1.165, 1.54) is 11.0 Å². The average Bonchev–Trinajstić information content (AvgIpc) is 3.27. The van der Waals surface area contributed by atoms with Crippen LogP contribution in [0.4, 0.5) is 5.69 Å². The molecule has 3 aliphatic rings. The predicted octanol–water partition coefficient (Wildman–Crippen LogP) is 3.84. The quantitative estimate of drug-likeness (QED) is 0.377. The molecule has 0 saturated carbocycles. The van der Waals surface area contributed by atoms with E-state index < -0.39 is 0 Å². The lowest BCUT2D eigenvalue weighted by molar-refractivity contribution is -0.467. The fraction of sp³-hybridized carbons (Fsp3) is 0.393. The molecule has 2 aromatic carbocycles. The number of hydrogen-bond acceptors (Lipinski definition) is 5. The van der Waals surface area contributed by atoms with Crippen LogP contribution in [0.2, 0.25) is 0 Å². The Labute approximate surface area is 214 Å². The van der Waals surface area contributed by atoms with Gasteiger partial charge in [0.25, 0.3) is 5.91 Å². The zero-order valence-electron chi connectivity index (χ0n) is 21.2. The number of amides is 1. The number of anilines is 1. The van der Waals surface area contributed by atoms with E-state index in [0.717, 1.165) is 48.6 Å². The van der Waals surface area contributed by atoms with Crippen LogP contribution in [-0.2, 0) is 6.54 Å². The Balaban J connectivity index is 1.19. The number of aryl methyl sites for hydroxylation is 1. The van der Waals surface area contributed by atoms with Gasteiger partial charge in [-0.15, -0.1) is 0 Å². The number of aliphatic imine (C=N–C) groups is 1. The molecule has 3 heterocycles. The van der Waals surface area contributed by atoms with E-state index in [-0.39, 0.29) is 23.8 Å². The molecule has 4 unspecified atom stereocenters. The third-order valence-corrected chi connectivity index (χ3v) is 8.57. The van der Waals surface area contributed by atoms with Gasteiger partial charge in [-0.2, -0.15) is 4.58 Å². The van der Waals surface area contributed by atoms with Crippen molar-refractivity contribution in [1.29, 1.82) is 0 Å². The van der Waals surface area contributed by atoms with Gasteiger partial charge >= 0.3 is 0 Å². The average molecular weight is 505 g/mol. The Kier molecular flexibility index (Phi) is 7.44. The minimum Gasteiger partial charge on any atom is -0.392 e. The highest BCUT2D eigenvalue weighted by Gasteiger charge is 2.33. The first kappa shape index (κ1) is 25.0. The molecule has 0 aliphatic carbocycles. The van der Waals surface area contributed by atoms with E-state index in [1.54, 1.807) is 0 Å². The number of aliphatic hydroxyl groups excluding tert-OH is 1. The molecule has 0 aromatic heterocycles. The summed E-state index contributed by atoms with van der Waals surface area (Å²) in [5.74, 6) is 0.102. The van der Waals surface area contributed by atoms with Crippen LogP contribution in [0, 0.1) is 6.92 Å². The Morgan fingerprint density at radius 1 is 1.31 bits per heavy atom. The number of nitrogens with one attached hydrogen (secondary N) is 2. The molecule has 2 aromatic rings. The van der Waals surface area contributed by atoms with Crippen molar-refractivity contribution in [2.45, 2.75) is 51.7 Å². The Hall–Kier alpha value is -2.70. The Morgan fingerprint density at radius 2 is 2.17 bits per heavy atom. The number of β-amino-alcohol motifs (C(OH)–C–C–N with tert-alkyl or cyclic N) is 1. The van der Waals surface area contributed by atoms with Crippen LogP contribution < -0.4 is 10.6 Å². The zero-order chi connectivity index (χ0) is 25.2. The highest BCUT2D eigenvalue weighted by molar-refractivity contribution is 7.44. The van der Waals surface area contributed by atoms with Gasteiger partial charge in [0.1, 0.15) is 6.54 Å². The lowest BCUT2D eigenvalue weighted by atomic mass is 10.0. The fourth-order valence-corrected chi connectivity index (χ4v) is 6.39. The maximum absolute atomic E-state index is 13.0.